The standard InChI is InChI=1S/C25H18N8O2/c1-16(10-26)24(34)32-20-3-2-4-21(9-20)35-25-22(23(28)29-15-30-25)19-12-31-33(14-19)13-18-7-5-17(11-27)6-8-18/h2-9,12,14-15H,1,13H2,(H,32,34)(H2,28,29,30). The van der Waals surface area contributed by atoms with Gasteiger partial charge in [-0.2, -0.15) is 15.6 Å². The Labute approximate surface area is 200 Å². The molecule has 4 aromatic rings. The Kier molecular flexibility index (Phi) is 6.47. The largest absolute Gasteiger partial charge is 0.438 e. The number of carbonyl (C=O) groups excluding carboxylic acids is 1. The van der Waals surface area contributed by atoms with Crippen molar-refractivity contribution in [2.45, 2.75) is 6.54 Å². The molecular weight excluding hydrogens is 444 g/mol. The molecule has 0 unspecified atom stereocenters. The minimum atomic E-state index is -0.605. The zero-order valence-electron chi connectivity index (χ0n) is 18.3. The first kappa shape index (κ1) is 22.7. The molecule has 4 rings (SSSR count). The Hall–Kier alpha value is -5.48. The zero-order valence-corrected chi connectivity index (χ0v) is 18.3. The number of benzene rings is 2. The van der Waals surface area contributed by atoms with E-state index in [-0.39, 0.29) is 17.3 Å². The van der Waals surface area contributed by atoms with Gasteiger partial charge < -0.3 is 15.8 Å². The van der Waals surface area contributed by atoms with E-state index in [1.807, 2.05) is 12.1 Å². The van der Waals surface area contributed by atoms with Crippen molar-refractivity contribution in [3.63, 3.8) is 0 Å². The van der Waals surface area contributed by atoms with Crippen LogP contribution >= 0.6 is 0 Å². The Bertz CT molecular complexity index is 1490. The molecule has 0 bridgehead atoms. The fourth-order valence-electron chi connectivity index (χ4n) is 3.19. The van der Waals surface area contributed by atoms with Gasteiger partial charge in [0, 0.05) is 23.5 Å². The third-order valence-corrected chi connectivity index (χ3v) is 4.91. The van der Waals surface area contributed by atoms with Crippen LogP contribution in [0.4, 0.5) is 11.5 Å². The third kappa shape index (κ3) is 5.30. The second-order valence-electron chi connectivity index (χ2n) is 7.35. The van der Waals surface area contributed by atoms with E-state index in [0.29, 0.717) is 34.7 Å². The second kappa shape index (κ2) is 9.98. The van der Waals surface area contributed by atoms with Crippen LogP contribution in [0.5, 0.6) is 11.6 Å². The molecule has 0 fully saturated rings. The van der Waals surface area contributed by atoms with Crippen LogP contribution in [0, 0.1) is 22.7 Å². The number of ether oxygens (including phenoxy) is 1. The number of nitrogens with two attached hydrogens (primary N) is 1. The molecule has 2 aromatic heterocycles. The third-order valence-electron chi connectivity index (χ3n) is 4.91. The van der Waals surface area contributed by atoms with E-state index in [2.05, 4.69) is 33.0 Å². The molecule has 10 nitrogen and oxygen atoms in total. The summed E-state index contributed by atoms with van der Waals surface area (Å²) in [5.74, 6) is 0.198. The SMILES string of the molecule is C=C(C#N)C(=O)Nc1cccc(Oc2ncnc(N)c2-c2cnn(Cc3ccc(C#N)cc3)c2)c1. The van der Waals surface area contributed by atoms with Gasteiger partial charge in [-0.25, -0.2) is 9.97 Å². The van der Waals surface area contributed by atoms with E-state index in [1.54, 1.807) is 59.5 Å². The number of aromatic nitrogens is 4. The van der Waals surface area contributed by atoms with Crippen molar-refractivity contribution < 1.29 is 9.53 Å². The predicted octanol–water partition coefficient (Wildman–Crippen LogP) is 3.65. The summed E-state index contributed by atoms with van der Waals surface area (Å²) in [5, 5.41) is 24.8. The van der Waals surface area contributed by atoms with Crippen molar-refractivity contribution in [3.05, 3.63) is 90.5 Å². The minimum absolute atomic E-state index is 0.208. The molecule has 3 N–H and O–H groups in total. The molecule has 0 aliphatic carbocycles. The Morgan fingerprint density at radius 2 is 1.97 bits per heavy atom. The van der Waals surface area contributed by atoms with Crippen molar-refractivity contribution in [1.82, 2.24) is 19.7 Å². The highest BCUT2D eigenvalue weighted by molar-refractivity contribution is 6.06. The first-order valence-electron chi connectivity index (χ1n) is 10.3. The lowest BCUT2D eigenvalue weighted by atomic mass is 10.1. The lowest BCUT2D eigenvalue weighted by Crippen LogP contribution is -2.12. The van der Waals surface area contributed by atoms with Crippen molar-refractivity contribution in [2.75, 3.05) is 11.1 Å². The fraction of sp³-hybridized carbons (Fsp3) is 0.0400. The van der Waals surface area contributed by atoms with Crippen LogP contribution in [-0.4, -0.2) is 25.7 Å². The van der Waals surface area contributed by atoms with Gasteiger partial charge in [-0.05, 0) is 29.8 Å². The maximum Gasteiger partial charge on any atom is 0.265 e. The minimum Gasteiger partial charge on any atom is -0.438 e. The maximum absolute atomic E-state index is 11.9. The van der Waals surface area contributed by atoms with Gasteiger partial charge in [0.2, 0.25) is 5.88 Å². The zero-order chi connectivity index (χ0) is 24.8. The molecule has 0 aliphatic heterocycles. The summed E-state index contributed by atoms with van der Waals surface area (Å²) < 4.78 is 7.70. The van der Waals surface area contributed by atoms with E-state index in [4.69, 9.17) is 21.0 Å². The van der Waals surface area contributed by atoms with Gasteiger partial charge >= 0.3 is 0 Å². The van der Waals surface area contributed by atoms with E-state index in [1.165, 1.54) is 6.33 Å². The summed E-state index contributed by atoms with van der Waals surface area (Å²) in [5.41, 5.74) is 9.04. The number of anilines is 2. The molecule has 0 atom stereocenters. The predicted molar refractivity (Wildman–Crippen MR) is 128 cm³/mol. The number of nitriles is 2. The first-order valence-corrected chi connectivity index (χ1v) is 10.3. The van der Waals surface area contributed by atoms with Gasteiger partial charge in [-0.15, -0.1) is 0 Å². The normalized spacial score (nSPS) is 10.1. The number of carbonyl (C=O) groups is 1. The highest BCUT2D eigenvalue weighted by Gasteiger charge is 2.17. The van der Waals surface area contributed by atoms with Crippen LogP contribution in [0.3, 0.4) is 0 Å². The molecule has 10 heteroatoms. The van der Waals surface area contributed by atoms with Gasteiger partial charge in [-0.3, -0.25) is 9.48 Å². The lowest BCUT2D eigenvalue weighted by Gasteiger charge is -2.11. The Morgan fingerprint density at radius 1 is 1.17 bits per heavy atom. The smallest absolute Gasteiger partial charge is 0.265 e. The van der Waals surface area contributed by atoms with Gasteiger partial charge in [-0.1, -0.05) is 24.8 Å². The molecule has 0 saturated carbocycles. The summed E-state index contributed by atoms with van der Waals surface area (Å²) >= 11 is 0. The average Bonchev–Trinajstić information content (AvgIpc) is 3.32. The van der Waals surface area contributed by atoms with Crippen molar-refractivity contribution in [1.29, 1.82) is 10.5 Å². The summed E-state index contributed by atoms with van der Waals surface area (Å²) in [6, 6.07) is 17.6. The van der Waals surface area contributed by atoms with E-state index in [9.17, 15) is 4.79 Å². The lowest BCUT2D eigenvalue weighted by molar-refractivity contribution is -0.112. The number of hydrogen-bond donors (Lipinski definition) is 2. The topological polar surface area (TPSA) is 156 Å². The molecular formula is C25H18N8O2. The second-order valence-corrected chi connectivity index (χ2v) is 7.35. The van der Waals surface area contributed by atoms with Gasteiger partial charge in [0.25, 0.3) is 5.91 Å². The summed E-state index contributed by atoms with van der Waals surface area (Å²) in [6.45, 7) is 3.89. The van der Waals surface area contributed by atoms with Gasteiger partial charge in [0.05, 0.1) is 29.9 Å². The summed E-state index contributed by atoms with van der Waals surface area (Å²) in [6.07, 6.45) is 4.72. The highest BCUT2D eigenvalue weighted by Crippen LogP contribution is 2.35. The van der Waals surface area contributed by atoms with E-state index < -0.39 is 5.91 Å². The van der Waals surface area contributed by atoms with E-state index in [0.717, 1.165) is 5.56 Å². The van der Waals surface area contributed by atoms with Crippen LogP contribution in [0.1, 0.15) is 11.1 Å². The Balaban J connectivity index is 1.57. The Morgan fingerprint density at radius 3 is 2.71 bits per heavy atom. The molecule has 2 heterocycles. The van der Waals surface area contributed by atoms with Crippen molar-refractivity contribution in [3.8, 4) is 34.9 Å². The molecule has 0 radical (unpaired) electrons. The molecule has 0 spiro atoms. The van der Waals surface area contributed by atoms with Crippen molar-refractivity contribution in [2.24, 2.45) is 0 Å². The number of rotatable bonds is 7. The van der Waals surface area contributed by atoms with Gasteiger partial charge in [0.15, 0.2) is 0 Å². The number of hydrogen-bond acceptors (Lipinski definition) is 8. The van der Waals surface area contributed by atoms with Gasteiger partial charge in [0.1, 0.15) is 29.5 Å². The highest BCUT2D eigenvalue weighted by atomic mass is 16.5. The first-order chi connectivity index (χ1) is 17.0. The van der Waals surface area contributed by atoms with Crippen LogP contribution in [0.25, 0.3) is 11.1 Å². The molecule has 35 heavy (non-hydrogen) atoms. The average molecular weight is 462 g/mol. The molecule has 1 amide bonds. The molecule has 0 saturated heterocycles. The van der Waals surface area contributed by atoms with E-state index >= 15 is 0 Å². The van der Waals surface area contributed by atoms with Crippen molar-refractivity contribution >= 4 is 17.4 Å². The molecule has 0 aliphatic rings. The molecule has 2 aromatic carbocycles. The summed E-state index contributed by atoms with van der Waals surface area (Å²) in [4.78, 5) is 20.2. The monoisotopic (exact) mass is 462 g/mol. The van der Waals surface area contributed by atoms with Crippen LogP contribution in [0.2, 0.25) is 0 Å². The number of nitrogen functional groups attached to an aromatic ring is 1. The fourth-order valence-corrected chi connectivity index (χ4v) is 3.19. The number of amides is 1. The molecule has 170 valence electrons. The number of nitrogens with zero attached hydrogens (tertiary/aromatic N) is 6. The number of nitrogens with one attached hydrogen (secondary N) is 1. The maximum atomic E-state index is 11.9. The summed E-state index contributed by atoms with van der Waals surface area (Å²) in [7, 11) is 0. The quantitative estimate of drug-likeness (QED) is 0.311. The van der Waals surface area contributed by atoms with Crippen LogP contribution in [0.15, 0.2) is 79.4 Å². The van der Waals surface area contributed by atoms with Crippen LogP contribution in [-0.2, 0) is 11.3 Å². The van der Waals surface area contributed by atoms with Crippen LogP contribution < -0.4 is 15.8 Å².